The number of benzene rings is 1. The third kappa shape index (κ3) is 2.98. The van der Waals surface area contributed by atoms with E-state index in [1.807, 2.05) is 19.4 Å². The van der Waals surface area contributed by atoms with Gasteiger partial charge in [-0.15, -0.1) is 0 Å². The molecule has 1 aromatic carbocycles. The Balaban J connectivity index is 2.27. The number of nitrogens with one attached hydrogen (secondary N) is 1. The van der Waals surface area contributed by atoms with Crippen molar-refractivity contribution in [2.24, 2.45) is 7.05 Å². The molecule has 1 N–H and O–H groups in total. The van der Waals surface area contributed by atoms with Gasteiger partial charge in [0.15, 0.2) is 0 Å². The lowest BCUT2D eigenvalue weighted by Crippen LogP contribution is -2.18. The largest absolute Gasteiger partial charge is 0.375 e. The minimum Gasteiger partial charge on any atom is -0.375 e. The van der Waals surface area contributed by atoms with Crippen molar-refractivity contribution in [2.45, 2.75) is 39.2 Å². The van der Waals surface area contributed by atoms with Gasteiger partial charge < -0.3 is 9.88 Å². The summed E-state index contributed by atoms with van der Waals surface area (Å²) < 4.78 is 2.05. The average Bonchev–Trinajstić information content (AvgIpc) is 2.75. The average molecular weight is 257 g/mol. The molecule has 1 heterocycles. The minimum atomic E-state index is 0.130. The molecule has 19 heavy (non-hydrogen) atoms. The van der Waals surface area contributed by atoms with Crippen LogP contribution in [0, 0.1) is 0 Å². The molecule has 1 unspecified atom stereocenters. The van der Waals surface area contributed by atoms with Gasteiger partial charge in [0, 0.05) is 25.1 Å². The molecule has 1 atom stereocenters. The third-order valence-corrected chi connectivity index (χ3v) is 3.35. The molecular weight excluding hydrogens is 234 g/mol. The van der Waals surface area contributed by atoms with E-state index in [0.29, 0.717) is 0 Å². The fourth-order valence-electron chi connectivity index (χ4n) is 2.36. The van der Waals surface area contributed by atoms with Crippen molar-refractivity contribution in [3.63, 3.8) is 0 Å². The van der Waals surface area contributed by atoms with E-state index in [1.54, 1.807) is 0 Å². The Labute approximate surface area is 115 Å². The van der Waals surface area contributed by atoms with Crippen LogP contribution >= 0.6 is 0 Å². The lowest BCUT2D eigenvalue weighted by atomic mass is 9.85. The standard InChI is InChI=1S/C16H23N3/c1-12(15-17-10-11-19(15)5)18-14-9-7-6-8-13(14)16(2,3)4/h6-12,18H,1-5H3. The molecule has 0 aliphatic carbocycles. The Morgan fingerprint density at radius 3 is 2.47 bits per heavy atom. The van der Waals surface area contributed by atoms with Crippen molar-refractivity contribution in [3.05, 3.63) is 48.0 Å². The van der Waals surface area contributed by atoms with Gasteiger partial charge >= 0.3 is 0 Å². The van der Waals surface area contributed by atoms with Crippen LogP contribution < -0.4 is 5.32 Å². The number of aromatic nitrogens is 2. The van der Waals surface area contributed by atoms with Gasteiger partial charge in [0.05, 0.1) is 6.04 Å². The highest BCUT2D eigenvalue weighted by molar-refractivity contribution is 5.54. The highest BCUT2D eigenvalue weighted by Crippen LogP contribution is 2.31. The maximum absolute atomic E-state index is 4.40. The van der Waals surface area contributed by atoms with Crippen molar-refractivity contribution < 1.29 is 0 Å². The molecule has 1 aromatic heterocycles. The molecule has 0 bridgehead atoms. The lowest BCUT2D eigenvalue weighted by Gasteiger charge is -2.25. The number of para-hydroxylation sites is 1. The second kappa shape index (κ2) is 5.08. The molecule has 0 saturated carbocycles. The number of hydrogen-bond donors (Lipinski definition) is 1. The molecule has 3 nitrogen and oxygen atoms in total. The second-order valence-electron chi connectivity index (χ2n) is 6.06. The first kappa shape index (κ1) is 13.7. The molecule has 0 aliphatic heterocycles. The fraction of sp³-hybridized carbons (Fsp3) is 0.438. The molecule has 0 aliphatic rings. The number of anilines is 1. The highest BCUT2D eigenvalue weighted by Gasteiger charge is 2.19. The molecule has 0 spiro atoms. The molecule has 0 radical (unpaired) electrons. The summed E-state index contributed by atoms with van der Waals surface area (Å²) in [7, 11) is 2.02. The Hall–Kier alpha value is -1.77. The van der Waals surface area contributed by atoms with Gasteiger partial charge in [-0.05, 0) is 24.0 Å². The zero-order valence-corrected chi connectivity index (χ0v) is 12.4. The van der Waals surface area contributed by atoms with Crippen LogP contribution in [0.4, 0.5) is 5.69 Å². The SMILES string of the molecule is CC(Nc1ccccc1C(C)(C)C)c1nccn1C. The van der Waals surface area contributed by atoms with Crippen molar-refractivity contribution in [3.8, 4) is 0 Å². The van der Waals surface area contributed by atoms with Crippen LogP contribution in [0.15, 0.2) is 36.7 Å². The zero-order valence-electron chi connectivity index (χ0n) is 12.4. The molecule has 0 saturated heterocycles. The molecule has 3 heteroatoms. The number of rotatable bonds is 3. The van der Waals surface area contributed by atoms with Crippen LogP contribution in [0.1, 0.15) is 45.1 Å². The van der Waals surface area contributed by atoms with E-state index in [-0.39, 0.29) is 11.5 Å². The first-order valence-corrected chi connectivity index (χ1v) is 6.73. The van der Waals surface area contributed by atoms with Gasteiger partial charge in [-0.25, -0.2) is 4.98 Å². The van der Waals surface area contributed by atoms with Crippen LogP contribution in [-0.4, -0.2) is 9.55 Å². The number of hydrogen-bond acceptors (Lipinski definition) is 2. The summed E-state index contributed by atoms with van der Waals surface area (Å²) in [5.41, 5.74) is 2.65. The van der Waals surface area contributed by atoms with Crippen LogP contribution in [0.25, 0.3) is 0 Å². The van der Waals surface area contributed by atoms with Crippen molar-refractivity contribution in [2.75, 3.05) is 5.32 Å². The Morgan fingerprint density at radius 2 is 1.89 bits per heavy atom. The molecule has 2 rings (SSSR count). The minimum absolute atomic E-state index is 0.130. The molecule has 0 amide bonds. The summed E-state index contributed by atoms with van der Waals surface area (Å²) in [6, 6.07) is 8.68. The maximum atomic E-state index is 4.40. The first-order chi connectivity index (χ1) is 8.89. The molecule has 0 fully saturated rings. The molecule has 102 valence electrons. The van der Waals surface area contributed by atoms with E-state index in [9.17, 15) is 0 Å². The summed E-state index contributed by atoms with van der Waals surface area (Å²) in [6.45, 7) is 8.85. The summed E-state index contributed by atoms with van der Waals surface area (Å²) in [5.74, 6) is 1.05. The van der Waals surface area contributed by atoms with Crippen molar-refractivity contribution in [1.82, 2.24) is 9.55 Å². The number of imidazole rings is 1. The Morgan fingerprint density at radius 1 is 1.21 bits per heavy atom. The smallest absolute Gasteiger partial charge is 0.130 e. The van der Waals surface area contributed by atoms with E-state index in [2.05, 4.69) is 66.8 Å². The molecular formula is C16H23N3. The van der Waals surface area contributed by atoms with E-state index in [1.165, 1.54) is 11.3 Å². The van der Waals surface area contributed by atoms with Gasteiger partial charge in [0.2, 0.25) is 0 Å². The van der Waals surface area contributed by atoms with Gasteiger partial charge in [-0.2, -0.15) is 0 Å². The topological polar surface area (TPSA) is 29.9 Å². The van der Waals surface area contributed by atoms with Crippen LogP contribution in [0.3, 0.4) is 0 Å². The normalized spacial score (nSPS) is 13.3. The third-order valence-electron chi connectivity index (χ3n) is 3.35. The predicted molar refractivity (Wildman–Crippen MR) is 80.4 cm³/mol. The predicted octanol–water partition coefficient (Wildman–Crippen LogP) is 3.89. The van der Waals surface area contributed by atoms with E-state index >= 15 is 0 Å². The Bertz CT molecular complexity index is 549. The zero-order chi connectivity index (χ0) is 14.0. The van der Waals surface area contributed by atoms with E-state index < -0.39 is 0 Å². The lowest BCUT2D eigenvalue weighted by molar-refractivity contribution is 0.589. The quantitative estimate of drug-likeness (QED) is 0.904. The Kier molecular flexibility index (Phi) is 3.65. The summed E-state index contributed by atoms with van der Waals surface area (Å²) >= 11 is 0. The fourth-order valence-corrected chi connectivity index (χ4v) is 2.36. The van der Waals surface area contributed by atoms with Gasteiger partial charge in [0.25, 0.3) is 0 Å². The summed E-state index contributed by atoms with van der Waals surface area (Å²) in [5, 5.41) is 3.58. The monoisotopic (exact) mass is 257 g/mol. The van der Waals surface area contributed by atoms with Crippen LogP contribution in [-0.2, 0) is 12.5 Å². The van der Waals surface area contributed by atoms with Gasteiger partial charge in [-0.3, -0.25) is 0 Å². The summed E-state index contributed by atoms with van der Waals surface area (Å²) in [4.78, 5) is 4.40. The van der Waals surface area contributed by atoms with Crippen LogP contribution in [0.5, 0.6) is 0 Å². The number of nitrogens with zero attached hydrogens (tertiary/aromatic N) is 2. The summed E-state index contributed by atoms with van der Waals surface area (Å²) in [6.07, 6.45) is 3.81. The first-order valence-electron chi connectivity index (χ1n) is 6.73. The van der Waals surface area contributed by atoms with Crippen molar-refractivity contribution >= 4 is 5.69 Å². The molecule has 2 aromatic rings. The van der Waals surface area contributed by atoms with E-state index in [4.69, 9.17) is 0 Å². The number of aryl methyl sites for hydroxylation is 1. The van der Waals surface area contributed by atoms with Crippen LogP contribution in [0.2, 0.25) is 0 Å². The van der Waals surface area contributed by atoms with Gasteiger partial charge in [0.1, 0.15) is 5.82 Å². The second-order valence-corrected chi connectivity index (χ2v) is 6.06. The van der Waals surface area contributed by atoms with Gasteiger partial charge in [-0.1, -0.05) is 39.0 Å². The maximum Gasteiger partial charge on any atom is 0.130 e. The van der Waals surface area contributed by atoms with E-state index in [0.717, 1.165) is 5.82 Å². The van der Waals surface area contributed by atoms with Crippen molar-refractivity contribution in [1.29, 1.82) is 0 Å². The highest BCUT2D eigenvalue weighted by atomic mass is 15.1.